The Morgan fingerprint density at radius 2 is 1.76 bits per heavy atom. The Bertz CT molecular complexity index is 587. The Kier molecular flexibility index (Phi) is 4.22. The van der Waals surface area contributed by atoms with E-state index in [1.807, 2.05) is 30.1 Å². The van der Waals surface area contributed by atoms with Crippen molar-refractivity contribution in [3.8, 4) is 5.75 Å². The molecule has 2 heterocycles. The molecule has 0 atom stereocenters. The highest BCUT2D eigenvalue weighted by Crippen LogP contribution is 2.15. The van der Waals surface area contributed by atoms with E-state index in [9.17, 15) is 5.11 Å². The molecule has 1 fully saturated rings. The lowest BCUT2D eigenvalue weighted by Crippen LogP contribution is -2.45. The summed E-state index contributed by atoms with van der Waals surface area (Å²) >= 11 is 0. The van der Waals surface area contributed by atoms with Crippen molar-refractivity contribution in [1.29, 1.82) is 0 Å². The predicted molar refractivity (Wildman–Crippen MR) is 81.9 cm³/mol. The van der Waals surface area contributed by atoms with Crippen molar-refractivity contribution in [3.63, 3.8) is 0 Å². The molecule has 0 saturated carbocycles. The Morgan fingerprint density at radius 1 is 1.05 bits per heavy atom. The van der Waals surface area contributed by atoms with Crippen molar-refractivity contribution in [2.24, 2.45) is 7.05 Å². The average molecular weight is 286 g/mol. The summed E-state index contributed by atoms with van der Waals surface area (Å²) in [5, 5.41) is 13.7. The van der Waals surface area contributed by atoms with Crippen LogP contribution in [0, 0.1) is 0 Å². The molecule has 5 nitrogen and oxygen atoms in total. The third kappa shape index (κ3) is 3.62. The van der Waals surface area contributed by atoms with Crippen LogP contribution in [0.3, 0.4) is 0 Å². The third-order valence-corrected chi connectivity index (χ3v) is 4.09. The van der Waals surface area contributed by atoms with Gasteiger partial charge in [-0.25, -0.2) is 0 Å². The number of hydrogen-bond donors (Lipinski definition) is 1. The van der Waals surface area contributed by atoms with Gasteiger partial charge in [-0.15, -0.1) is 0 Å². The van der Waals surface area contributed by atoms with Crippen LogP contribution in [0.2, 0.25) is 0 Å². The molecule has 2 aromatic rings. The maximum atomic E-state index is 9.52. The summed E-state index contributed by atoms with van der Waals surface area (Å²) in [6.45, 7) is 6.15. The summed E-state index contributed by atoms with van der Waals surface area (Å²) in [7, 11) is 1.99. The van der Waals surface area contributed by atoms with E-state index >= 15 is 0 Å². The van der Waals surface area contributed by atoms with Crippen LogP contribution in [0.5, 0.6) is 5.75 Å². The zero-order valence-corrected chi connectivity index (χ0v) is 12.4. The predicted octanol–water partition coefficient (Wildman–Crippen LogP) is 1.44. The second-order valence-electron chi connectivity index (χ2n) is 5.67. The first-order chi connectivity index (χ1) is 10.2. The third-order valence-electron chi connectivity index (χ3n) is 4.09. The van der Waals surface area contributed by atoms with E-state index in [1.54, 1.807) is 6.07 Å². The summed E-state index contributed by atoms with van der Waals surface area (Å²) in [6, 6.07) is 9.63. The van der Waals surface area contributed by atoms with Gasteiger partial charge < -0.3 is 5.11 Å². The van der Waals surface area contributed by atoms with Crippen molar-refractivity contribution in [2.75, 3.05) is 26.2 Å². The van der Waals surface area contributed by atoms with Crippen LogP contribution in [0.15, 0.2) is 36.5 Å². The first kappa shape index (κ1) is 14.1. The van der Waals surface area contributed by atoms with Crippen LogP contribution >= 0.6 is 0 Å². The number of aryl methyl sites for hydroxylation is 1. The Hall–Kier alpha value is -1.85. The van der Waals surface area contributed by atoms with Crippen LogP contribution in [0.1, 0.15) is 11.3 Å². The van der Waals surface area contributed by atoms with Crippen LogP contribution < -0.4 is 0 Å². The van der Waals surface area contributed by atoms with Gasteiger partial charge in [0, 0.05) is 52.5 Å². The molecule has 1 aliphatic rings. The summed E-state index contributed by atoms with van der Waals surface area (Å²) in [5.74, 6) is 0.349. The molecule has 21 heavy (non-hydrogen) atoms. The number of aromatic hydroxyl groups is 1. The summed E-state index contributed by atoms with van der Waals surface area (Å²) in [4.78, 5) is 4.91. The lowest BCUT2D eigenvalue weighted by atomic mass is 10.2. The Balaban J connectivity index is 1.50. The van der Waals surface area contributed by atoms with Gasteiger partial charge in [0.15, 0.2) is 0 Å². The molecule has 0 unspecified atom stereocenters. The normalized spacial score (nSPS) is 17.2. The van der Waals surface area contributed by atoms with Crippen LogP contribution in [-0.4, -0.2) is 50.9 Å². The number of benzene rings is 1. The largest absolute Gasteiger partial charge is 0.508 e. The highest BCUT2D eigenvalue weighted by atomic mass is 16.3. The van der Waals surface area contributed by atoms with Crippen molar-refractivity contribution < 1.29 is 5.11 Å². The topological polar surface area (TPSA) is 44.5 Å². The van der Waals surface area contributed by atoms with Gasteiger partial charge in [-0.2, -0.15) is 5.10 Å². The smallest absolute Gasteiger partial charge is 0.115 e. The quantitative estimate of drug-likeness (QED) is 0.924. The summed E-state index contributed by atoms with van der Waals surface area (Å²) < 4.78 is 1.94. The molecular weight excluding hydrogens is 264 g/mol. The minimum absolute atomic E-state index is 0.349. The van der Waals surface area contributed by atoms with E-state index < -0.39 is 0 Å². The van der Waals surface area contributed by atoms with Crippen molar-refractivity contribution in [3.05, 3.63) is 47.8 Å². The number of phenolic OH excluding ortho intramolecular Hbond substituents is 1. The number of phenols is 1. The molecule has 0 radical (unpaired) electrons. The fourth-order valence-electron chi connectivity index (χ4n) is 2.80. The van der Waals surface area contributed by atoms with E-state index in [0.29, 0.717) is 5.75 Å². The number of aromatic nitrogens is 2. The molecule has 1 N–H and O–H groups in total. The lowest BCUT2D eigenvalue weighted by molar-refractivity contribution is 0.120. The first-order valence-corrected chi connectivity index (χ1v) is 7.40. The van der Waals surface area contributed by atoms with E-state index in [4.69, 9.17) is 0 Å². The van der Waals surface area contributed by atoms with E-state index in [-0.39, 0.29) is 0 Å². The van der Waals surface area contributed by atoms with Crippen LogP contribution in [0.25, 0.3) is 0 Å². The number of hydrogen-bond acceptors (Lipinski definition) is 4. The van der Waals surface area contributed by atoms with Gasteiger partial charge in [-0.05, 0) is 23.8 Å². The molecule has 0 amide bonds. The van der Waals surface area contributed by atoms with E-state index in [2.05, 4.69) is 27.0 Å². The minimum Gasteiger partial charge on any atom is -0.508 e. The number of nitrogens with zero attached hydrogens (tertiary/aromatic N) is 4. The molecule has 0 aliphatic carbocycles. The Labute approximate surface area is 125 Å². The fraction of sp³-hybridized carbons (Fsp3) is 0.438. The lowest BCUT2D eigenvalue weighted by Gasteiger charge is -2.34. The van der Waals surface area contributed by atoms with Gasteiger partial charge >= 0.3 is 0 Å². The maximum absolute atomic E-state index is 9.52. The van der Waals surface area contributed by atoms with Gasteiger partial charge in [0.1, 0.15) is 5.75 Å². The van der Waals surface area contributed by atoms with E-state index in [1.165, 1.54) is 11.3 Å². The zero-order valence-electron chi connectivity index (χ0n) is 12.4. The van der Waals surface area contributed by atoms with Crippen LogP contribution in [-0.2, 0) is 20.1 Å². The first-order valence-electron chi connectivity index (χ1n) is 7.40. The molecule has 0 spiro atoms. The molecule has 1 aromatic carbocycles. The molecule has 1 aromatic heterocycles. The van der Waals surface area contributed by atoms with Crippen LogP contribution in [0.4, 0.5) is 0 Å². The van der Waals surface area contributed by atoms with Crippen molar-refractivity contribution >= 4 is 0 Å². The molecular formula is C16H22N4O. The second-order valence-corrected chi connectivity index (χ2v) is 5.67. The highest BCUT2D eigenvalue weighted by molar-refractivity contribution is 5.27. The van der Waals surface area contributed by atoms with Crippen molar-refractivity contribution in [2.45, 2.75) is 13.1 Å². The molecule has 1 aliphatic heterocycles. The van der Waals surface area contributed by atoms with Crippen molar-refractivity contribution in [1.82, 2.24) is 19.6 Å². The molecule has 5 heteroatoms. The van der Waals surface area contributed by atoms with Gasteiger partial charge in [-0.1, -0.05) is 12.1 Å². The SMILES string of the molecule is Cn1nccc1CN1CCN(Cc2cccc(O)c2)CC1. The second kappa shape index (κ2) is 6.28. The van der Waals surface area contributed by atoms with E-state index in [0.717, 1.165) is 39.3 Å². The molecule has 3 rings (SSSR count). The minimum atomic E-state index is 0.349. The standard InChI is InChI=1S/C16H22N4O/c1-18-15(5-6-17-18)13-20-9-7-19(8-10-20)12-14-3-2-4-16(21)11-14/h2-6,11,21H,7-10,12-13H2,1H3. The summed E-state index contributed by atoms with van der Waals surface area (Å²) in [6.07, 6.45) is 1.85. The van der Waals surface area contributed by atoms with Gasteiger partial charge in [0.05, 0.1) is 5.69 Å². The molecule has 112 valence electrons. The summed E-state index contributed by atoms with van der Waals surface area (Å²) in [5.41, 5.74) is 2.44. The molecule has 0 bridgehead atoms. The Morgan fingerprint density at radius 3 is 2.38 bits per heavy atom. The fourth-order valence-corrected chi connectivity index (χ4v) is 2.80. The van der Waals surface area contributed by atoms with Gasteiger partial charge in [0.2, 0.25) is 0 Å². The van der Waals surface area contributed by atoms with Gasteiger partial charge in [-0.3, -0.25) is 14.5 Å². The monoisotopic (exact) mass is 286 g/mol. The maximum Gasteiger partial charge on any atom is 0.115 e. The zero-order chi connectivity index (χ0) is 14.7. The van der Waals surface area contributed by atoms with Gasteiger partial charge in [0.25, 0.3) is 0 Å². The molecule has 1 saturated heterocycles. The number of piperazine rings is 1. The highest BCUT2D eigenvalue weighted by Gasteiger charge is 2.17. The average Bonchev–Trinajstić information content (AvgIpc) is 2.87. The number of rotatable bonds is 4.